The summed E-state index contributed by atoms with van der Waals surface area (Å²) < 4.78 is 0.491. The number of nitrogens with one attached hydrogen (secondary N) is 3. The second kappa shape index (κ2) is 8.62. The third kappa shape index (κ3) is 4.14. The van der Waals surface area contributed by atoms with Crippen molar-refractivity contribution in [2.24, 2.45) is 5.92 Å². The lowest BCUT2D eigenvalue weighted by molar-refractivity contribution is -0.117. The molecule has 2 fully saturated rings. The molecule has 1 amide bonds. The first kappa shape index (κ1) is 21.5. The first-order chi connectivity index (χ1) is 16.6. The van der Waals surface area contributed by atoms with Crippen molar-refractivity contribution in [3.05, 3.63) is 33.6 Å². The quantitative estimate of drug-likeness (QED) is 0.422. The van der Waals surface area contributed by atoms with Crippen LogP contribution in [0.25, 0.3) is 0 Å². The summed E-state index contributed by atoms with van der Waals surface area (Å²) in [7, 11) is 0. The molecule has 0 aromatic carbocycles. The number of thiazole rings is 1. The van der Waals surface area contributed by atoms with Crippen LogP contribution < -0.4 is 15.5 Å². The Morgan fingerprint density at radius 3 is 2.94 bits per heavy atom. The zero-order valence-corrected chi connectivity index (χ0v) is 19.8. The molecule has 3 aliphatic rings. The molecule has 12 heteroatoms. The predicted octanol–water partition coefficient (Wildman–Crippen LogP) is 3.45. The number of aryl methyl sites for hydroxylation is 1. The molecule has 1 saturated carbocycles. The molecule has 0 spiro atoms. The minimum absolute atomic E-state index is 0.254. The molecule has 3 aromatic rings. The van der Waals surface area contributed by atoms with E-state index >= 15 is 0 Å². The Labute approximate surface area is 204 Å². The van der Waals surface area contributed by atoms with Gasteiger partial charge in [0.05, 0.1) is 11.9 Å². The van der Waals surface area contributed by atoms with E-state index in [9.17, 15) is 9.59 Å². The molecule has 2 aliphatic carbocycles. The number of carbonyl (C=O) groups is 2. The number of carbonyl (C=O) groups excluding carboxylic acids is 2. The molecule has 10 nitrogen and oxygen atoms in total. The molecule has 1 saturated heterocycles. The number of aromatic amines is 1. The van der Waals surface area contributed by atoms with Crippen LogP contribution in [-0.2, 0) is 22.4 Å². The molecule has 0 radical (unpaired) electrons. The molecule has 6 rings (SSSR count). The Bertz CT molecular complexity index is 1260. The van der Waals surface area contributed by atoms with Crippen LogP contribution in [0.4, 0.5) is 22.7 Å². The van der Waals surface area contributed by atoms with E-state index in [2.05, 4.69) is 25.8 Å². The first-order valence-electron chi connectivity index (χ1n) is 11.4. The van der Waals surface area contributed by atoms with E-state index in [1.54, 1.807) is 0 Å². The third-order valence-corrected chi connectivity index (χ3v) is 7.61. The van der Waals surface area contributed by atoms with Crippen molar-refractivity contribution in [2.45, 2.75) is 50.5 Å². The van der Waals surface area contributed by atoms with Gasteiger partial charge in [-0.2, -0.15) is 10.1 Å². The van der Waals surface area contributed by atoms with Crippen LogP contribution in [0.1, 0.15) is 48.6 Å². The van der Waals surface area contributed by atoms with Gasteiger partial charge in [-0.1, -0.05) is 22.9 Å². The van der Waals surface area contributed by atoms with Gasteiger partial charge in [0, 0.05) is 35.7 Å². The van der Waals surface area contributed by atoms with E-state index < -0.39 is 6.04 Å². The summed E-state index contributed by atoms with van der Waals surface area (Å²) in [5, 5.41) is 14.1. The summed E-state index contributed by atoms with van der Waals surface area (Å²) in [4.78, 5) is 40.3. The minimum Gasteiger partial charge on any atom is -0.328 e. The molecule has 3 aromatic heterocycles. The van der Waals surface area contributed by atoms with E-state index in [0.717, 1.165) is 48.3 Å². The van der Waals surface area contributed by atoms with Crippen molar-refractivity contribution in [1.82, 2.24) is 25.1 Å². The van der Waals surface area contributed by atoms with Crippen LogP contribution >= 0.6 is 22.9 Å². The number of aromatic nitrogens is 5. The lowest BCUT2D eigenvalue weighted by Crippen LogP contribution is -2.40. The summed E-state index contributed by atoms with van der Waals surface area (Å²) in [5.41, 5.74) is 3.20. The summed E-state index contributed by atoms with van der Waals surface area (Å²) >= 11 is 7.14. The van der Waals surface area contributed by atoms with E-state index in [1.165, 1.54) is 30.4 Å². The van der Waals surface area contributed by atoms with E-state index in [-0.39, 0.29) is 11.8 Å². The van der Waals surface area contributed by atoms with Crippen molar-refractivity contribution in [1.29, 1.82) is 0 Å². The molecule has 2 unspecified atom stereocenters. The third-order valence-electron chi connectivity index (χ3n) is 6.58. The van der Waals surface area contributed by atoms with Crippen LogP contribution in [0.15, 0.2) is 12.3 Å². The Kier molecular flexibility index (Phi) is 5.45. The van der Waals surface area contributed by atoms with Gasteiger partial charge in [-0.05, 0) is 38.5 Å². The molecule has 4 heterocycles. The second-order valence-electron chi connectivity index (χ2n) is 9.02. The summed E-state index contributed by atoms with van der Waals surface area (Å²) in [6.07, 6.45) is 7.92. The monoisotopic (exact) mass is 498 g/mol. The van der Waals surface area contributed by atoms with Crippen molar-refractivity contribution in [3.63, 3.8) is 0 Å². The number of fused-ring (bicyclic) bond motifs is 1. The summed E-state index contributed by atoms with van der Waals surface area (Å²) in [6.45, 7) is 0.382. The van der Waals surface area contributed by atoms with Gasteiger partial charge >= 0.3 is 0 Å². The van der Waals surface area contributed by atoms with Gasteiger partial charge in [-0.3, -0.25) is 9.89 Å². The zero-order chi connectivity index (χ0) is 23.2. The van der Waals surface area contributed by atoms with Crippen LogP contribution in [0.3, 0.4) is 0 Å². The van der Waals surface area contributed by atoms with Gasteiger partial charge in [0.2, 0.25) is 11.9 Å². The van der Waals surface area contributed by atoms with E-state index in [1.807, 2.05) is 11.0 Å². The fourth-order valence-corrected chi connectivity index (χ4v) is 5.53. The number of hydrogen-bond donors (Lipinski definition) is 3. The highest BCUT2D eigenvalue weighted by atomic mass is 35.5. The van der Waals surface area contributed by atoms with E-state index in [4.69, 9.17) is 21.6 Å². The molecule has 3 N–H and O–H groups in total. The van der Waals surface area contributed by atoms with Crippen molar-refractivity contribution >= 4 is 57.8 Å². The maximum absolute atomic E-state index is 13.1. The van der Waals surface area contributed by atoms with Crippen LogP contribution in [0.2, 0.25) is 4.34 Å². The normalized spacial score (nSPS) is 21.5. The number of hydrogen-bond acceptors (Lipinski definition) is 9. The standard InChI is InChI=1S/C22H23ClN8O2S/c23-17-8-24-22(34-17)28-20(33)16-6-11(10-32)9-31(16)21-25-14-3-1-2-13(14)19(27-21)26-18-7-15(29-30-18)12-4-5-12/h7-8,10-12,16H,1-6,9H2,(H,24,28,33)(H2,25,26,27,29,30). The molecule has 0 bridgehead atoms. The number of rotatable bonds is 7. The van der Waals surface area contributed by atoms with E-state index in [0.29, 0.717) is 40.1 Å². The topological polar surface area (TPSA) is 129 Å². The predicted molar refractivity (Wildman–Crippen MR) is 129 cm³/mol. The fraction of sp³-hybridized carbons (Fsp3) is 0.455. The van der Waals surface area contributed by atoms with Gasteiger partial charge in [0.15, 0.2) is 10.9 Å². The number of H-pyrrole nitrogens is 1. The number of aldehydes is 1. The smallest absolute Gasteiger partial charge is 0.248 e. The lowest BCUT2D eigenvalue weighted by atomic mass is 10.1. The average Bonchev–Trinajstić information content (AvgIpc) is 3.23. The minimum atomic E-state index is -0.586. The Morgan fingerprint density at radius 2 is 2.18 bits per heavy atom. The van der Waals surface area contributed by atoms with Crippen molar-refractivity contribution in [2.75, 3.05) is 22.1 Å². The van der Waals surface area contributed by atoms with Gasteiger partial charge in [0.1, 0.15) is 22.5 Å². The Balaban J connectivity index is 1.30. The molecular formula is C22H23ClN8O2S. The number of anilines is 4. The molecule has 176 valence electrons. The highest BCUT2D eigenvalue weighted by Crippen LogP contribution is 2.40. The summed E-state index contributed by atoms with van der Waals surface area (Å²) in [5.74, 6) is 1.93. The highest BCUT2D eigenvalue weighted by molar-refractivity contribution is 7.19. The highest BCUT2D eigenvalue weighted by Gasteiger charge is 2.39. The second-order valence-corrected chi connectivity index (χ2v) is 10.7. The Morgan fingerprint density at radius 1 is 1.29 bits per heavy atom. The number of halogens is 1. The molecule has 1 aliphatic heterocycles. The zero-order valence-electron chi connectivity index (χ0n) is 18.3. The maximum atomic E-state index is 13.1. The average molecular weight is 499 g/mol. The first-order valence-corrected chi connectivity index (χ1v) is 12.6. The number of nitrogens with zero attached hydrogens (tertiary/aromatic N) is 5. The fourth-order valence-electron chi connectivity index (χ4n) is 4.71. The van der Waals surface area contributed by atoms with Crippen LogP contribution in [0.5, 0.6) is 0 Å². The summed E-state index contributed by atoms with van der Waals surface area (Å²) in [6, 6.07) is 1.45. The maximum Gasteiger partial charge on any atom is 0.248 e. The van der Waals surface area contributed by atoms with Gasteiger partial charge in [-0.25, -0.2) is 9.97 Å². The van der Waals surface area contributed by atoms with Crippen LogP contribution in [-0.4, -0.2) is 49.9 Å². The SMILES string of the molecule is O=CC1CC(C(=O)Nc2ncc(Cl)s2)N(c2nc3c(c(Nc4cc(C5CC5)[nH]n4)n2)CCC3)C1. The van der Waals surface area contributed by atoms with Crippen molar-refractivity contribution in [3.8, 4) is 0 Å². The molecule has 2 atom stereocenters. The lowest BCUT2D eigenvalue weighted by Gasteiger charge is -2.24. The molecular weight excluding hydrogens is 476 g/mol. The van der Waals surface area contributed by atoms with Crippen molar-refractivity contribution < 1.29 is 9.59 Å². The molecule has 34 heavy (non-hydrogen) atoms. The Hall–Kier alpha value is -3.05. The van der Waals surface area contributed by atoms with Gasteiger partial charge in [0.25, 0.3) is 0 Å². The number of amides is 1. The largest absolute Gasteiger partial charge is 0.328 e. The van der Waals surface area contributed by atoms with Gasteiger partial charge in [-0.15, -0.1) is 0 Å². The van der Waals surface area contributed by atoms with Crippen LogP contribution in [0, 0.1) is 5.92 Å². The van der Waals surface area contributed by atoms with Gasteiger partial charge < -0.3 is 20.3 Å².